The fraction of sp³-hybridized carbons (Fsp3) is 0.375. The number of nitro groups is 1. The maximum atomic E-state index is 12.1. The Morgan fingerprint density at radius 2 is 2.00 bits per heavy atom. The highest BCUT2D eigenvalue weighted by Crippen LogP contribution is 2.25. The molecule has 3 rings (SSSR count). The Bertz CT molecular complexity index is 771. The summed E-state index contributed by atoms with van der Waals surface area (Å²) in [7, 11) is 1.64. The standard InChI is InChI=1S/C16H19N5O4S/c1-25-13-4-2-12(3-5-13)20-8-6-19(7-9-20)11-14(22)18-16-17-10-15(26-16)21(23)24/h2-5,10H,6-9,11H2,1H3,(H,17,18,22). The molecular weight excluding hydrogens is 358 g/mol. The Labute approximate surface area is 154 Å². The van der Waals surface area contributed by atoms with Crippen LogP contribution < -0.4 is 15.0 Å². The molecule has 1 fully saturated rings. The zero-order valence-electron chi connectivity index (χ0n) is 14.3. The SMILES string of the molecule is COc1ccc(N2CCN(CC(=O)Nc3ncc([N+](=O)[O-])s3)CC2)cc1. The molecule has 1 aromatic carbocycles. The smallest absolute Gasteiger partial charge is 0.345 e. The van der Waals surface area contributed by atoms with Crippen molar-refractivity contribution in [2.45, 2.75) is 0 Å². The second-order valence-electron chi connectivity index (χ2n) is 5.77. The summed E-state index contributed by atoms with van der Waals surface area (Å²) in [6, 6.07) is 7.91. The van der Waals surface area contributed by atoms with E-state index in [1.165, 1.54) is 0 Å². The maximum Gasteiger partial charge on any atom is 0.345 e. The summed E-state index contributed by atoms with van der Waals surface area (Å²) in [4.78, 5) is 30.4. The number of amides is 1. The Balaban J connectivity index is 1.46. The van der Waals surface area contributed by atoms with E-state index in [1.54, 1.807) is 7.11 Å². The number of ether oxygens (including phenoxy) is 1. The van der Waals surface area contributed by atoms with Crippen LogP contribution in [0.25, 0.3) is 0 Å². The second kappa shape index (κ2) is 8.11. The summed E-state index contributed by atoms with van der Waals surface area (Å²) in [5.41, 5.74) is 1.13. The lowest BCUT2D eigenvalue weighted by Crippen LogP contribution is -2.48. The van der Waals surface area contributed by atoms with Crippen molar-refractivity contribution in [3.8, 4) is 5.75 Å². The lowest BCUT2D eigenvalue weighted by Gasteiger charge is -2.35. The molecular formula is C16H19N5O4S. The third-order valence-electron chi connectivity index (χ3n) is 4.10. The molecule has 0 spiro atoms. The zero-order chi connectivity index (χ0) is 18.5. The monoisotopic (exact) mass is 377 g/mol. The average molecular weight is 377 g/mol. The summed E-state index contributed by atoms with van der Waals surface area (Å²) in [6.07, 6.45) is 1.15. The van der Waals surface area contributed by atoms with Gasteiger partial charge in [-0.05, 0) is 35.6 Å². The van der Waals surface area contributed by atoms with Crippen LogP contribution in [0.5, 0.6) is 5.75 Å². The first-order chi connectivity index (χ1) is 12.5. The van der Waals surface area contributed by atoms with Crippen molar-refractivity contribution in [3.05, 3.63) is 40.6 Å². The molecule has 9 nitrogen and oxygen atoms in total. The highest BCUT2D eigenvalue weighted by molar-refractivity contribution is 7.18. The molecule has 1 saturated heterocycles. The minimum atomic E-state index is -0.522. The number of thiazole rings is 1. The van der Waals surface area contributed by atoms with Crippen molar-refractivity contribution >= 4 is 33.1 Å². The van der Waals surface area contributed by atoms with Crippen LogP contribution in [0.3, 0.4) is 0 Å². The summed E-state index contributed by atoms with van der Waals surface area (Å²) < 4.78 is 5.17. The molecule has 138 valence electrons. The fourth-order valence-electron chi connectivity index (χ4n) is 2.73. The van der Waals surface area contributed by atoms with Gasteiger partial charge in [-0.3, -0.25) is 19.8 Å². The number of hydrogen-bond donors (Lipinski definition) is 1. The number of anilines is 2. The first-order valence-electron chi connectivity index (χ1n) is 8.06. The van der Waals surface area contributed by atoms with Gasteiger partial charge in [0.2, 0.25) is 5.91 Å². The van der Waals surface area contributed by atoms with Crippen LogP contribution in [0.4, 0.5) is 15.8 Å². The zero-order valence-corrected chi connectivity index (χ0v) is 15.1. The minimum absolute atomic E-state index is 0.0894. The summed E-state index contributed by atoms with van der Waals surface area (Å²) in [6.45, 7) is 3.41. The summed E-state index contributed by atoms with van der Waals surface area (Å²) in [5.74, 6) is 0.610. The minimum Gasteiger partial charge on any atom is -0.497 e. The van der Waals surface area contributed by atoms with E-state index in [1.807, 2.05) is 24.3 Å². The molecule has 1 aliphatic heterocycles. The van der Waals surface area contributed by atoms with Crippen LogP contribution >= 0.6 is 11.3 Å². The number of methoxy groups -OCH3 is 1. The van der Waals surface area contributed by atoms with E-state index >= 15 is 0 Å². The third kappa shape index (κ3) is 4.46. The van der Waals surface area contributed by atoms with Gasteiger partial charge in [-0.25, -0.2) is 4.98 Å². The normalized spacial score (nSPS) is 14.9. The van der Waals surface area contributed by atoms with Crippen molar-refractivity contribution in [1.29, 1.82) is 0 Å². The molecule has 0 unspecified atom stereocenters. The van der Waals surface area contributed by atoms with Crippen LogP contribution in [0.15, 0.2) is 30.5 Å². The maximum absolute atomic E-state index is 12.1. The highest BCUT2D eigenvalue weighted by Gasteiger charge is 2.20. The fourth-order valence-corrected chi connectivity index (χ4v) is 3.38. The van der Waals surface area contributed by atoms with Gasteiger partial charge in [-0.15, -0.1) is 0 Å². The van der Waals surface area contributed by atoms with Crippen molar-refractivity contribution in [1.82, 2.24) is 9.88 Å². The van der Waals surface area contributed by atoms with Crippen LogP contribution in [-0.2, 0) is 4.79 Å². The van der Waals surface area contributed by atoms with Gasteiger partial charge >= 0.3 is 5.00 Å². The molecule has 26 heavy (non-hydrogen) atoms. The van der Waals surface area contributed by atoms with Gasteiger partial charge in [0, 0.05) is 31.9 Å². The largest absolute Gasteiger partial charge is 0.497 e. The predicted octanol–water partition coefficient (Wildman–Crippen LogP) is 1.82. The molecule has 1 N–H and O–H groups in total. The van der Waals surface area contributed by atoms with Gasteiger partial charge in [-0.1, -0.05) is 0 Å². The van der Waals surface area contributed by atoms with Crippen LogP contribution in [-0.4, -0.2) is 60.5 Å². The van der Waals surface area contributed by atoms with Crippen molar-refractivity contribution in [3.63, 3.8) is 0 Å². The van der Waals surface area contributed by atoms with Gasteiger partial charge in [0.1, 0.15) is 11.9 Å². The molecule has 1 aliphatic rings. The summed E-state index contributed by atoms with van der Waals surface area (Å²) in [5, 5.41) is 13.4. The van der Waals surface area contributed by atoms with Crippen LogP contribution in [0.2, 0.25) is 0 Å². The number of carbonyl (C=O) groups is 1. The number of carbonyl (C=O) groups excluding carboxylic acids is 1. The Hall–Kier alpha value is -2.72. The highest BCUT2D eigenvalue weighted by atomic mass is 32.1. The van der Waals surface area contributed by atoms with Crippen LogP contribution in [0.1, 0.15) is 0 Å². The van der Waals surface area contributed by atoms with Gasteiger partial charge in [0.05, 0.1) is 18.6 Å². The molecule has 10 heteroatoms. The van der Waals surface area contributed by atoms with Crippen LogP contribution in [0, 0.1) is 10.1 Å². The number of hydrogen-bond acceptors (Lipinski definition) is 8. The Morgan fingerprint density at radius 3 is 2.58 bits per heavy atom. The van der Waals surface area contributed by atoms with E-state index in [0.29, 0.717) is 0 Å². The van der Waals surface area contributed by atoms with Gasteiger partial charge < -0.3 is 15.0 Å². The van der Waals surface area contributed by atoms with E-state index < -0.39 is 4.92 Å². The topological polar surface area (TPSA) is 101 Å². The molecule has 2 heterocycles. The number of rotatable bonds is 6. The lowest BCUT2D eigenvalue weighted by atomic mass is 10.2. The number of aromatic nitrogens is 1. The van der Waals surface area contributed by atoms with Gasteiger partial charge in [0.25, 0.3) is 0 Å². The second-order valence-corrected chi connectivity index (χ2v) is 6.78. The molecule has 0 saturated carbocycles. The summed E-state index contributed by atoms with van der Waals surface area (Å²) >= 11 is 0.853. The molecule has 0 bridgehead atoms. The first-order valence-corrected chi connectivity index (χ1v) is 8.88. The van der Waals surface area contributed by atoms with Crippen molar-refractivity contribution in [2.24, 2.45) is 0 Å². The average Bonchev–Trinajstić information content (AvgIpc) is 3.11. The number of nitrogens with zero attached hydrogens (tertiary/aromatic N) is 4. The molecule has 0 radical (unpaired) electrons. The Morgan fingerprint density at radius 1 is 1.31 bits per heavy atom. The Kier molecular flexibility index (Phi) is 5.64. The molecule has 0 aliphatic carbocycles. The molecule has 0 atom stereocenters. The molecule has 1 amide bonds. The number of piperazine rings is 1. The quantitative estimate of drug-likeness (QED) is 0.605. The van der Waals surface area contributed by atoms with E-state index in [2.05, 4.69) is 20.1 Å². The van der Waals surface area contributed by atoms with Gasteiger partial charge in [-0.2, -0.15) is 0 Å². The number of benzene rings is 1. The first kappa shape index (κ1) is 18.1. The third-order valence-corrected chi connectivity index (χ3v) is 4.96. The van der Waals surface area contributed by atoms with E-state index in [-0.39, 0.29) is 22.6 Å². The van der Waals surface area contributed by atoms with Crippen molar-refractivity contribution in [2.75, 3.05) is 50.1 Å². The van der Waals surface area contributed by atoms with E-state index in [9.17, 15) is 14.9 Å². The molecule has 2 aromatic rings. The lowest BCUT2D eigenvalue weighted by molar-refractivity contribution is -0.380. The van der Waals surface area contributed by atoms with E-state index in [4.69, 9.17) is 4.74 Å². The number of nitrogens with one attached hydrogen (secondary N) is 1. The van der Waals surface area contributed by atoms with Crippen molar-refractivity contribution < 1.29 is 14.5 Å². The predicted molar refractivity (Wildman–Crippen MR) is 99.0 cm³/mol. The van der Waals surface area contributed by atoms with Gasteiger partial charge in [0.15, 0.2) is 5.13 Å². The van der Waals surface area contributed by atoms with E-state index in [0.717, 1.165) is 55.1 Å². The molecule has 1 aromatic heterocycles.